The van der Waals surface area contributed by atoms with Crippen LogP contribution in [0.25, 0.3) is 0 Å². The second-order valence-corrected chi connectivity index (χ2v) is 4.54. The molecule has 1 aliphatic heterocycles. The van der Waals surface area contributed by atoms with Crippen LogP contribution >= 0.6 is 0 Å². The van der Waals surface area contributed by atoms with Crippen LogP contribution in [0, 0.1) is 0 Å². The van der Waals surface area contributed by atoms with Gasteiger partial charge in [0.05, 0.1) is 0 Å². The quantitative estimate of drug-likeness (QED) is 0.752. The Morgan fingerprint density at radius 3 is 2.62 bits per heavy atom. The minimum absolute atomic E-state index is 0.0784. The number of halogens is 3. The number of amides is 2. The van der Waals surface area contributed by atoms with Gasteiger partial charge in [-0.1, -0.05) is 6.08 Å². The smallest absolute Gasteiger partial charge is 0.412 e. The van der Waals surface area contributed by atoms with Crippen molar-refractivity contribution in [3.63, 3.8) is 0 Å². The summed E-state index contributed by atoms with van der Waals surface area (Å²) in [5, 5.41) is 11.2. The number of carboxylic acids is 1. The van der Waals surface area contributed by atoms with E-state index in [1.165, 1.54) is 7.11 Å². The Labute approximate surface area is 119 Å². The summed E-state index contributed by atoms with van der Waals surface area (Å²) in [6, 6.07) is -1.83. The van der Waals surface area contributed by atoms with Gasteiger partial charge < -0.3 is 20.1 Å². The Morgan fingerprint density at radius 1 is 1.52 bits per heavy atom. The van der Waals surface area contributed by atoms with E-state index in [1.54, 1.807) is 0 Å². The number of carbonyl (C=O) groups is 2. The van der Waals surface area contributed by atoms with Crippen LogP contribution in [0.5, 0.6) is 0 Å². The van der Waals surface area contributed by atoms with Gasteiger partial charge in [-0.2, -0.15) is 13.2 Å². The molecule has 9 heteroatoms. The number of methoxy groups -OCH3 is 1. The molecule has 1 rings (SSSR count). The van der Waals surface area contributed by atoms with Crippen molar-refractivity contribution in [1.82, 2.24) is 10.2 Å². The summed E-state index contributed by atoms with van der Waals surface area (Å²) in [5.41, 5.74) is -0.666. The van der Waals surface area contributed by atoms with E-state index in [4.69, 9.17) is 9.84 Å². The molecule has 0 fully saturated rings. The highest BCUT2D eigenvalue weighted by molar-refractivity contribution is 5.82. The van der Waals surface area contributed by atoms with Crippen molar-refractivity contribution in [1.29, 1.82) is 0 Å². The summed E-state index contributed by atoms with van der Waals surface area (Å²) in [4.78, 5) is 23.9. The van der Waals surface area contributed by atoms with Gasteiger partial charge in [0.15, 0.2) is 0 Å². The van der Waals surface area contributed by atoms with Gasteiger partial charge in [0.2, 0.25) is 0 Å². The third-order valence-electron chi connectivity index (χ3n) is 3.07. The normalized spacial score (nSPS) is 17.1. The first-order chi connectivity index (χ1) is 9.75. The topological polar surface area (TPSA) is 78.9 Å². The summed E-state index contributed by atoms with van der Waals surface area (Å²) < 4.78 is 42.1. The number of urea groups is 1. The molecule has 2 amide bonds. The van der Waals surface area contributed by atoms with Crippen LogP contribution in [0.4, 0.5) is 18.0 Å². The third kappa shape index (κ3) is 5.25. The van der Waals surface area contributed by atoms with Gasteiger partial charge in [-0.05, 0) is 6.42 Å². The van der Waals surface area contributed by atoms with Crippen LogP contribution in [0.3, 0.4) is 0 Å². The zero-order chi connectivity index (χ0) is 16.0. The molecular weight excluding hydrogens is 293 g/mol. The second kappa shape index (κ2) is 7.30. The predicted molar refractivity (Wildman–Crippen MR) is 66.8 cm³/mol. The molecule has 0 aromatic heterocycles. The van der Waals surface area contributed by atoms with E-state index in [2.05, 4.69) is 5.32 Å². The Balaban J connectivity index is 2.57. The van der Waals surface area contributed by atoms with Crippen molar-refractivity contribution in [3.8, 4) is 0 Å². The summed E-state index contributed by atoms with van der Waals surface area (Å²) in [5.74, 6) is -1.22. The highest BCUT2D eigenvalue weighted by Gasteiger charge is 2.35. The molecule has 0 aliphatic carbocycles. The van der Waals surface area contributed by atoms with Crippen LogP contribution in [0.15, 0.2) is 11.6 Å². The average Bonchev–Trinajstić information content (AvgIpc) is 2.42. The van der Waals surface area contributed by atoms with Gasteiger partial charge in [0.1, 0.15) is 6.04 Å². The number of alkyl halides is 3. The van der Waals surface area contributed by atoms with E-state index >= 15 is 0 Å². The molecule has 0 saturated heterocycles. The van der Waals surface area contributed by atoms with Crippen LogP contribution in [0.2, 0.25) is 0 Å². The first kappa shape index (κ1) is 17.3. The van der Waals surface area contributed by atoms with E-state index in [0.717, 1.165) is 11.0 Å². The van der Waals surface area contributed by atoms with Crippen molar-refractivity contribution in [2.24, 2.45) is 0 Å². The molecule has 120 valence electrons. The van der Waals surface area contributed by atoms with Crippen molar-refractivity contribution in [3.05, 3.63) is 11.6 Å². The van der Waals surface area contributed by atoms with Gasteiger partial charge in [-0.3, -0.25) is 0 Å². The lowest BCUT2D eigenvalue weighted by molar-refractivity contribution is -0.139. The largest absolute Gasteiger partial charge is 0.480 e. The molecule has 0 aromatic rings. The number of ether oxygens (including phenoxy) is 1. The fourth-order valence-corrected chi connectivity index (χ4v) is 1.84. The monoisotopic (exact) mass is 310 g/mol. The van der Waals surface area contributed by atoms with Gasteiger partial charge in [0, 0.05) is 38.8 Å². The zero-order valence-corrected chi connectivity index (χ0v) is 11.4. The van der Waals surface area contributed by atoms with E-state index in [-0.39, 0.29) is 32.5 Å². The molecule has 0 saturated carbocycles. The molecule has 1 atom stereocenters. The summed E-state index contributed by atoms with van der Waals surface area (Å²) in [6.45, 7) is -0.152. The van der Waals surface area contributed by atoms with Crippen LogP contribution in [-0.4, -0.2) is 61.0 Å². The summed E-state index contributed by atoms with van der Waals surface area (Å²) in [6.07, 6.45) is -3.67. The molecule has 0 spiro atoms. The number of carboxylic acid groups (broad SMARTS) is 1. The van der Waals surface area contributed by atoms with E-state index in [1.807, 2.05) is 0 Å². The van der Waals surface area contributed by atoms with Crippen LogP contribution < -0.4 is 5.32 Å². The highest BCUT2D eigenvalue weighted by Crippen LogP contribution is 2.30. The fraction of sp³-hybridized carbons (Fsp3) is 0.667. The maximum absolute atomic E-state index is 12.4. The average molecular weight is 310 g/mol. The van der Waals surface area contributed by atoms with Gasteiger partial charge in [0.25, 0.3) is 0 Å². The Morgan fingerprint density at radius 2 is 2.19 bits per heavy atom. The zero-order valence-electron chi connectivity index (χ0n) is 11.4. The molecule has 2 N–H and O–H groups in total. The Bertz CT molecular complexity index is 423. The van der Waals surface area contributed by atoms with Crippen molar-refractivity contribution in [2.45, 2.75) is 25.1 Å². The number of hydrogen-bond acceptors (Lipinski definition) is 3. The van der Waals surface area contributed by atoms with Crippen molar-refractivity contribution < 1.29 is 32.6 Å². The molecule has 0 aromatic carbocycles. The lowest BCUT2D eigenvalue weighted by atomic mass is 10.1. The first-order valence-corrected chi connectivity index (χ1v) is 6.29. The van der Waals surface area contributed by atoms with Crippen LogP contribution in [-0.2, 0) is 9.53 Å². The molecule has 0 bridgehead atoms. The Hall–Kier alpha value is -1.77. The number of hydrogen-bond donors (Lipinski definition) is 2. The van der Waals surface area contributed by atoms with Crippen molar-refractivity contribution >= 4 is 12.0 Å². The van der Waals surface area contributed by atoms with Gasteiger partial charge >= 0.3 is 18.2 Å². The molecule has 6 nitrogen and oxygen atoms in total. The number of nitrogens with zero attached hydrogens (tertiary/aromatic N) is 1. The fourth-order valence-electron chi connectivity index (χ4n) is 1.84. The maximum atomic E-state index is 12.4. The SMILES string of the molecule is COCCC(NC(=O)N1CC=C(C(F)(F)F)CC1)C(=O)O. The molecule has 1 aliphatic rings. The molecular formula is C12H17F3N2O4. The number of carbonyl (C=O) groups excluding carboxylic acids is 1. The second-order valence-electron chi connectivity index (χ2n) is 4.54. The Kier molecular flexibility index (Phi) is 6.01. The van der Waals surface area contributed by atoms with Crippen molar-refractivity contribution in [2.75, 3.05) is 26.8 Å². The lowest BCUT2D eigenvalue weighted by Gasteiger charge is -2.28. The molecule has 1 unspecified atom stereocenters. The minimum Gasteiger partial charge on any atom is -0.480 e. The number of nitrogens with one attached hydrogen (secondary N) is 1. The predicted octanol–water partition coefficient (Wildman–Crippen LogP) is 1.38. The standard InChI is InChI=1S/C12H17F3N2O4/c1-21-7-4-9(10(18)19)16-11(20)17-5-2-8(3-6-17)12(13,14)15/h2,9H,3-7H2,1H3,(H,16,20)(H,18,19). The van der Waals surface area contributed by atoms with Gasteiger partial charge in [-0.25, -0.2) is 9.59 Å². The highest BCUT2D eigenvalue weighted by atomic mass is 19.4. The molecule has 0 radical (unpaired) electrons. The van der Waals surface area contributed by atoms with Gasteiger partial charge in [-0.15, -0.1) is 0 Å². The number of aliphatic carboxylic acids is 1. The maximum Gasteiger partial charge on any atom is 0.412 e. The van der Waals surface area contributed by atoms with Crippen LogP contribution in [0.1, 0.15) is 12.8 Å². The first-order valence-electron chi connectivity index (χ1n) is 6.29. The summed E-state index contributed by atoms with van der Waals surface area (Å²) in [7, 11) is 1.40. The summed E-state index contributed by atoms with van der Waals surface area (Å²) >= 11 is 0. The molecule has 21 heavy (non-hydrogen) atoms. The number of rotatable bonds is 5. The third-order valence-corrected chi connectivity index (χ3v) is 3.07. The minimum atomic E-state index is -4.38. The molecule has 1 heterocycles. The van der Waals surface area contributed by atoms with E-state index in [9.17, 15) is 22.8 Å². The lowest BCUT2D eigenvalue weighted by Crippen LogP contribution is -2.49. The van der Waals surface area contributed by atoms with E-state index in [0.29, 0.717) is 0 Å². The van der Waals surface area contributed by atoms with E-state index < -0.39 is 29.8 Å².